The van der Waals surface area contributed by atoms with Crippen LogP contribution in [0.2, 0.25) is 0 Å². The molecule has 0 saturated heterocycles. The smallest absolute Gasteiger partial charge is 0.324 e. The van der Waals surface area contributed by atoms with Gasteiger partial charge in [0.2, 0.25) is 0 Å². The van der Waals surface area contributed by atoms with Gasteiger partial charge in [-0.25, -0.2) is 5.73 Å². The van der Waals surface area contributed by atoms with Crippen molar-refractivity contribution in [2.45, 2.75) is 51.2 Å². The van der Waals surface area contributed by atoms with E-state index in [1.165, 1.54) is 6.42 Å². The SMILES string of the molecule is CC([NH])C(=O)OC1CCCCC1. The van der Waals surface area contributed by atoms with Crippen molar-refractivity contribution < 1.29 is 9.53 Å². The number of nitrogens with one attached hydrogen (secondary N) is 1. The highest BCUT2D eigenvalue weighted by Gasteiger charge is 2.19. The van der Waals surface area contributed by atoms with E-state index in [1.807, 2.05) is 0 Å². The maximum atomic E-state index is 11.0. The molecule has 12 heavy (non-hydrogen) atoms. The van der Waals surface area contributed by atoms with Gasteiger partial charge in [-0.1, -0.05) is 6.42 Å². The zero-order chi connectivity index (χ0) is 8.97. The molecule has 0 bridgehead atoms. The number of carbonyl (C=O) groups is 1. The summed E-state index contributed by atoms with van der Waals surface area (Å²) in [5, 5.41) is 0. The molecule has 1 fully saturated rings. The van der Waals surface area contributed by atoms with Crippen LogP contribution in [-0.4, -0.2) is 18.1 Å². The number of hydrogen-bond donors (Lipinski definition) is 0. The quantitative estimate of drug-likeness (QED) is 0.590. The summed E-state index contributed by atoms with van der Waals surface area (Å²) in [6.07, 6.45) is 5.63. The van der Waals surface area contributed by atoms with Gasteiger partial charge in [0, 0.05) is 0 Å². The molecule has 0 aromatic heterocycles. The first-order chi connectivity index (χ1) is 5.70. The van der Waals surface area contributed by atoms with Gasteiger partial charge in [-0.2, -0.15) is 0 Å². The van der Waals surface area contributed by atoms with Gasteiger partial charge in [-0.15, -0.1) is 0 Å². The standard InChI is InChI=1S/C9H16NO2/c1-7(10)9(11)12-8-5-3-2-4-6-8/h7-8,10H,2-6H2,1H3. The molecule has 3 nitrogen and oxygen atoms in total. The summed E-state index contributed by atoms with van der Waals surface area (Å²) in [6, 6.07) is -0.730. The average Bonchev–Trinajstić information content (AvgIpc) is 2.06. The van der Waals surface area contributed by atoms with E-state index in [0.717, 1.165) is 25.7 Å². The minimum atomic E-state index is -0.730. The molecule has 1 radical (unpaired) electrons. The highest BCUT2D eigenvalue weighted by atomic mass is 16.5. The normalized spacial score (nSPS) is 21.8. The van der Waals surface area contributed by atoms with Crippen LogP contribution in [0.4, 0.5) is 0 Å². The highest BCUT2D eigenvalue weighted by Crippen LogP contribution is 2.20. The molecule has 0 aromatic carbocycles. The minimum absolute atomic E-state index is 0.0963. The summed E-state index contributed by atoms with van der Waals surface area (Å²) in [7, 11) is 0. The van der Waals surface area contributed by atoms with Crippen LogP contribution in [0, 0.1) is 0 Å². The maximum absolute atomic E-state index is 11.0. The second kappa shape index (κ2) is 4.45. The van der Waals surface area contributed by atoms with Crippen LogP contribution in [0.15, 0.2) is 0 Å². The van der Waals surface area contributed by atoms with E-state index < -0.39 is 6.04 Å². The molecule has 1 atom stereocenters. The average molecular weight is 170 g/mol. The van der Waals surface area contributed by atoms with E-state index in [0.29, 0.717) is 0 Å². The molecule has 1 rings (SSSR count). The van der Waals surface area contributed by atoms with E-state index in [2.05, 4.69) is 0 Å². The van der Waals surface area contributed by atoms with Gasteiger partial charge in [-0.3, -0.25) is 4.79 Å². The van der Waals surface area contributed by atoms with Gasteiger partial charge >= 0.3 is 5.97 Å². The third-order valence-corrected chi connectivity index (χ3v) is 2.19. The Balaban J connectivity index is 2.24. The minimum Gasteiger partial charge on any atom is -0.461 e. The van der Waals surface area contributed by atoms with Crippen LogP contribution < -0.4 is 5.73 Å². The van der Waals surface area contributed by atoms with E-state index in [9.17, 15) is 4.79 Å². The van der Waals surface area contributed by atoms with Gasteiger partial charge < -0.3 is 4.74 Å². The van der Waals surface area contributed by atoms with E-state index >= 15 is 0 Å². The molecule has 1 aliphatic carbocycles. The van der Waals surface area contributed by atoms with Crippen LogP contribution in [0.25, 0.3) is 0 Å². The Morgan fingerprint density at radius 2 is 2.00 bits per heavy atom. The largest absolute Gasteiger partial charge is 0.461 e. The molecular weight excluding hydrogens is 154 g/mol. The van der Waals surface area contributed by atoms with Crippen LogP contribution in [-0.2, 0) is 9.53 Å². The van der Waals surface area contributed by atoms with Crippen molar-refractivity contribution in [3.63, 3.8) is 0 Å². The molecular formula is C9H16NO2. The summed E-state index contributed by atoms with van der Waals surface area (Å²) in [6.45, 7) is 1.55. The van der Waals surface area contributed by atoms with Crippen molar-refractivity contribution in [3.05, 3.63) is 0 Å². The topological polar surface area (TPSA) is 50.1 Å². The first kappa shape index (κ1) is 9.52. The third-order valence-electron chi connectivity index (χ3n) is 2.19. The second-order valence-electron chi connectivity index (χ2n) is 3.42. The van der Waals surface area contributed by atoms with Crippen LogP contribution >= 0.6 is 0 Å². The van der Waals surface area contributed by atoms with E-state index in [1.54, 1.807) is 6.92 Å². The van der Waals surface area contributed by atoms with Crippen molar-refractivity contribution in [1.82, 2.24) is 5.73 Å². The Labute approximate surface area is 73.3 Å². The van der Waals surface area contributed by atoms with Gasteiger partial charge in [0.05, 0.1) is 0 Å². The molecule has 0 aromatic rings. The molecule has 69 valence electrons. The summed E-state index contributed by atoms with van der Waals surface area (Å²) in [4.78, 5) is 11.0. The summed E-state index contributed by atoms with van der Waals surface area (Å²) >= 11 is 0. The second-order valence-corrected chi connectivity index (χ2v) is 3.42. The van der Waals surface area contributed by atoms with E-state index in [4.69, 9.17) is 10.5 Å². The Morgan fingerprint density at radius 1 is 1.42 bits per heavy atom. The molecule has 3 heteroatoms. The fourth-order valence-corrected chi connectivity index (χ4v) is 1.45. The molecule has 0 aliphatic heterocycles. The molecule has 1 saturated carbocycles. The van der Waals surface area contributed by atoms with Crippen LogP contribution in [0.1, 0.15) is 39.0 Å². The molecule has 0 heterocycles. The van der Waals surface area contributed by atoms with E-state index in [-0.39, 0.29) is 12.1 Å². The van der Waals surface area contributed by atoms with Gasteiger partial charge in [-0.05, 0) is 32.6 Å². The monoisotopic (exact) mass is 170 g/mol. The third kappa shape index (κ3) is 2.81. The van der Waals surface area contributed by atoms with Crippen molar-refractivity contribution in [1.29, 1.82) is 0 Å². The lowest BCUT2D eigenvalue weighted by atomic mass is 9.98. The van der Waals surface area contributed by atoms with Crippen LogP contribution in [0.3, 0.4) is 0 Å². The van der Waals surface area contributed by atoms with Crippen LogP contribution in [0.5, 0.6) is 0 Å². The van der Waals surface area contributed by atoms with Crippen molar-refractivity contribution >= 4 is 5.97 Å². The van der Waals surface area contributed by atoms with Gasteiger partial charge in [0.25, 0.3) is 0 Å². The molecule has 1 aliphatic rings. The molecule has 0 spiro atoms. The summed E-state index contributed by atoms with van der Waals surface area (Å²) in [5.41, 5.74) is 7.13. The van der Waals surface area contributed by atoms with Crippen molar-refractivity contribution in [2.75, 3.05) is 0 Å². The first-order valence-corrected chi connectivity index (χ1v) is 4.62. The van der Waals surface area contributed by atoms with Crippen molar-refractivity contribution in [2.24, 2.45) is 0 Å². The zero-order valence-corrected chi connectivity index (χ0v) is 7.51. The highest BCUT2D eigenvalue weighted by molar-refractivity contribution is 5.74. The fourth-order valence-electron chi connectivity index (χ4n) is 1.45. The number of hydrogen-bond acceptors (Lipinski definition) is 2. The number of esters is 1. The predicted octanol–water partition coefficient (Wildman–Crippen LogP) is 1.53. The van der Waals surface area contributed by atoms with Gasteiger partial charge in [0.15, 0.2) is 0 Å². The Morgan fingerprint density at radius 3 is 2.50 bits per heavy atom. The molecule has 1 unspecified atom stereocenters. The molecule has 1 N–H and O–H groups in total. The summed E-state index contributed by atoms with van der Waals surface area (Å²) in [5.74, 6) is -0.373. The number of ether oxygens (including phenoxy) is 1. The van der Waals surface area contributed by atoms with Crippen molar-refractivity contribution in [3.8, 4) is 0 Å². The lowest BCUT2D eigenvalue weighted by Crippen LogP contribution is -2.28. The first-order valence-electron chi connectivity index (χ1n) is 4.62. The molecule has 0 amide bonds. The zero-order valence-electron chi connectivity index (χ0n) is 7.51. The number of carbonyl (C=O) groups excluding carboxylic acids is 1. The Hall–Kier alpha value is -0.570. The Bertz CT molecular complexity index is 151. The lowest BCUT2D eigenvalue weighted by molar-refractivity contribution is -0.151. The Kier molecular flexibility index (Phi) is 3.53. The van der Waals surface area contributed by atoms with Gasteiger partial charge in [0.1, 0.15) is 12.1 Å². The predicted molar refractivity (Wildman–Crippen MR) is 45.5 cm³/mol. The summed E-state index contributed by atoms with van der Waals surface area (Å²) < 4.78 is 5.13. The number of rotatable bonds is 2. The maximum Gasteiger partial charge on any atom is 0.324 e. The fraction of sp³-hybridized carbons (Fsp3) is 0.889. The lowest BCUT2D eigenvalue weighted by Gasteiger charge is -2.22.